The van der Waals surface area contributed by atoms with E-state index in [4.69, 9.17) is 14.0 Å². The van der Waals surface area contributed by atoms with Crippen LogP contribution in [0.2, 0.25) is 0 Å². The van der Waals surface area contributed by atoms with Crippen molar-refractivity contribution in [2.75, 3.05) is 20.3 Å². The Bertz CT molecular complexity index is 1280. The Balaban J connectivity index is 1.32. The molecule has 4 aromatic heterocycles. The molecule has 1 aliphatic rings. The van der Waals surface area contributed by atoms with Crippen LogP contribution < -0.4 is 5.32 Å². The lowest BCUT2D eigenvalue weighted by molar-refractivity contribution is 0.0857. The fourth-order valence-corrected chi connectivity index (χ4v) is 3.86. The molecule has 5 heterocycles. The second-order valence-electron chi connectivity index (χ2n) is 8.05. The minimum atomic E-state index is -1.01. The average molecular weight is 464 g/mol. The van der Waals surface area contributed by atoms with E-state index in [1.807, 2.05) is 0 Å². The van der Waals surface area contributed by atoms with E-state index in [2.05, 4.69) is 25.7 Å². The van der Waals surface area contributed by atoms with E-state index in [0.717, 1.165) is 19.4 Å². The second-order valence-corrected chi connectivity index (χ2v) is 8.05. The zero-order valence-corrected chi connectivity index (χ0v) is 18.5. The monoisotopic (exact) mass is 464 g/mol. The largest absolute Gasteiger partial charge is 0.382 e. The number of hydrogen-bond donors (Lipinski definition) is 2. The van der Waals surface area contributed by atoms with Crippen molar-refractivity contribution in [1.82, 2.24) is 30.1 Å². The van der Waals surface area contributed by atoms with Gasteiger partial charge in [0.25, 0.3) is 5.91 Å². The van der Waals surface area contributed by atoms with Gasteiger partial charge in [-0.05, 0) is 31.0 Å². The highest BCUT2D eigenvalue weighted by atomic mass is 16.5. The lowest BCUT2D eigenvalue weighted by Crippen LogP contribution is -2.31. The summed E-state index contributed by atoms with van der Waals surface area (Å²) in [7, 11) is 1.57. The number of methoxy groups -OCH3 is 1. The number of hydrogen-bond acceptors (Lipinski definition) is 9. The summed E-state index contributed by atoms with van der Waals surface area (Å²) in [6, 6.07) is 8.51. The molecule has 2 N–H and O–H groups in total. The van der Waals surface area contributed by atoms with Gasteiger partial charge in [-0.25, -0.2) is 0 Å². The van der Waals surface area contributed by atoms with Gasteiger partial charge < -0.3 is 24.4 Å². The number of carbonyl (C=O) groups is 1. The van der Waals surface area contributed by atoms with Crippen LogP contribution in [0.25, 0.3) is 17.2 Å². The molecule has 176 valence electrons. The van der Waals surface area contributed by atoms with E-state index >= 15 is 0 Å². The summed E-state index contributed by atoms with van der Waals surface area (Å²) in [6.07, 6.45) is 4.21. The highest BCUT2D eigenvalue weighted by Crippen LogP contribution is 2.24. The fraction of sp³-hybridized carbons (Fsp3) is 0.348. The van der Waals surface area contributed by atoms with Gasteiger partial charge in [0.15, 0.2) is 22.9 Å². The third-order valence-corrected chi connectivity index (χ3v) is 5.66. The van der Waals surface area contributed by atoms with E-state index in [1.165, 1.54) is 6.20 Å². The van der Waals surface area contributed by atoms with E-state index < -0.39 is 6.10 Å². The van der Waals surface area contributed by atoms with Crippen molar-refractivity contribution >= 4 is 11.6 Å². The zero-order chi connectivity index (χ0) is 23.5. The van der Waals surface area contributed by atoms with E-state index in [9.17, 15) is 9.90 Å². The molecule has 5 rings (SSSR count). The number of nitrogens with one attached hydrogen (secondary N) is 1. The van der Waals surface area contributed by atoms with Crippen molar-refractivity contribution in [2.24, 2.45) is 0 Å². The predicted molar refractivity (Wildman–Crippen MR) is 119 cm³/mol. The molecule has 0 bridgehead atoms. The molecule has 11 heteroatoms. The van der Waals surface area contributed by atoms with Gasteiger partial charge in [-0.1, -0.05) is 11.2 Å². The summed E-state index contributed by atoms with van der Waals surface area (Å²) in [5.74, 6) is 0.816. The molecular formula is C23H24N6O5. The standard InChI is InChI=1S/C23H24N6O5/c1-32-13-17-9-19(28-34-17)22-27-26-20-7-5-15(12-29(20)22)21(30)18-6-4-14(10-24-18)23(31)25-11-16-3-2-8-33-16/h4-7,9-10,12,16,21,30H,2-3,8,11,13H2,1H3,(H,25,31)/t16-,21-/m0/s1. The van der Waals surface area contributed by atoms with Crippen molar-refractivity contribution in [3.63, 3.8) is 0 Å². The first-order valence-electron chi connectivity index (χ1n) is 11.0. The number of carbonyl (C=O) groups excluding carboxylic acids is 1. The van der Waals surface area contributed by atoms with Gasteiger partial charge in [0, 0.05) is 44.3 Å². The van der Waals surface area contributed by atoms with E-state index in [1.54, 1.807) is 48.0 Å². The number of pyridine rings is 2. The molecule has 0 unspecified atom stereocenters. The van der Waals surface area contributed by atoms with E-state index in [-0.39, 0.29) is 12.0 Å². The third-order valence-electron chi connectivity index (χ3n) is 5.66. The number of rotatable bonds is 8. The molecule has 0 aliphatic carbocycles. The van der Waals surface area contributed by atoms with Crippen molar-refractivity contribution in [2.45, 2.75) is 31.7 Å². The Morgan fingerprint density at radius 2 is 2.24 bits per heavy atom. The topological polar surface area (TPSA) is 137 Å². The van der Waals surface area contributed by atoms with Gasteiger partial charge >= 0.3 is 0 Å². The van der Waals surface area contributed by atoms with Crippen LogP contribution in [0.1, 0.15) is 46.3 Å². The number of aliphatic hydroxyl groups is 1. The first-order valence-corrected chi connectivity index (χ1v) is 11.0. The smallest absolute Gasteiger partial charge is 0.252 e. The Labute approximate surface area is 194 Å². The summed E-state index contributed by atoms with van der Waals surface area (Å²) in [5.41, 5.74) is 2.50. The highest BCUT2D eigenvalue weighted by molar-refractivity contribution is 5.93. The molecule has 0 radical (unpaired) electrons. The Hall–Kier alpha value is -3.67. The van der Waals surface area contributed by atoms with Gasteiger partial charge in [0.2, 0.25) is 0 Å². The highest BCUT2D eigenvalue weighted by Gasteiger charge is 2.19. The van der Waals surface area contributed by atoms with Crippen molar-refractivity contribution < 1.29 is 23.9 Å². The quantitative estimate of drug-likeness (QED) is 0.401. The molecule has 4 aromatic rings. The van der Waals surface area contributed by atoms with Crippen LogP contribution in [0, 0.1) is 0 Å². The zero-order valence-electron chi connectivity index (χ0n) is 18.5. The summed E-state index contributed by atoms with van der Waals surface area (Å²) in [5, 5.41) is 26.1. The molecule has 1 aliphatic heterocycles. The average Bonchev–Trinajstić information content (AvgIpc) is 3.63. The number of nitrogens with zero attached hydrogens (tertiary/aromatic N) is 5. The first-order chi connectivity index (χ1) is 16.6. The van der Waals surface area contributed by atoms with Crippen LogP contribution in [-0.4, -0.2) is 62.1 Å². The van der Waals surface area contributed by atoms with Gasteiger partial charge in [-0.15, -0.1) is 10.2 Å². The molecule has 1 saturated heterocycles. The molecule has 0 aromatic carbocycles. The Morgan fingerprint density at radius 1 is 1.32 bits per heavy atom. The third kappa shape index (κ3) is 4.53. The van der Waals surface area contributed by atoms with E-state index in [0.29, 0.717) is 52.9 Å². The number of ether oxygens (including phenoxy) is 2. The van der Waals surface area contributed by atoms with Crippen LogP contribution >= 0.6 is 0 Å². The molecule has 1 fully saturated rings. The van der Waals surface area contributed by atoms with Crippen LogP contribution in [0.4, 0.5) is 0 Å². The van der Waals surface area contributed by atoms with Gasteiger partial charge in [-0.3, -0.25) is 14.2 Å². The fourth-order valence-electron chi connectivity index (χ4n) is 3.86. The molecule has 34 heavy (non-hydrogen) atoms. The summed E-state index contributed by atoms with van der Waals surface area (Å²) >= 11 is 0. The first kappa shape index (κ1) is 22.1. The summed E-state index contributed by atoms with van der Waals surface area (Å²) in [6.45, 7) is 1.51. The van der Waals surface area contributed by atoms with Gasteiger partial charge in [-0.2, -0.15) is 0 Å². The second kappa shape index (κ2) is 9.67. The number of aliphatic hydroxyl groups excluding tert-OH is 1. The minimum Gasteiger partial charge on any atom is -0.382 e. The van der Waals surface area contributed by atoms with Crippen molar-refractivity contribution in [3.8, 4) is 11.5 Å². The normalized spacial score (nSPS) is 16.7. The predicted octanol–water partition coefficient (Wildman–Crippen LogP) is 1.92. The number of fused-ring (bicyclic) bond motifs is 1. The molecule has 1 amide bonds. The molecule has 0 saturated carbocycles. The summed E-state index contributed by atoms with van der Waals surface area (Å²) < 4.78 is 17.5. The molecule has 11 nitrogen and oxygen atoms in total. The molecule has 2 atom stereocenters. The maximum absolute atomic E-state index is 12.4. The van der Waals surface area contributed by atoms with Crippen LogP contribution in [0.3, 0.4) is 0 Å². The lowest BCUT2D eigenvalue weighted by Gasteiger charge is -2.13. The maximum Gasteiger partial charge on any atom is 0.252 e. The number of amides is 1. The molecule has 0 spiro atoms. The molecular weight excluding hydrogens is 440 g/mol. The van der Waals surface area contributed by atoms with Crippen LogP contribution in [0.5, 0.6) is 0 Å². The number of aromatic nitrogens is 5. The van der Waals surface area contributed by atoms with Crippen molar-refractivity contribution in [1.29, 1.82) is 0 Å². The van der Waals surface area contributed by atoms with Gasteiger partial charge in [0.1, 0.15) is 12.7 Å². The minimum absolute atomic E-state index is 0.0688. The van der Waals surface area contributed by atoms with Crippen LogP contribution in [-0.2, 0) is 16.1 Å². The summed E-state index contributed by atoms with van der Waals surface area (Å²) in [4.78, 5) is 16.7. The Kier molecular flexibility index (Phi) is 6.30. The maximum atomic E-state index is 12.4. The lowest BCUT2D eigenvalue weighted by atomic mass is 10.1. The van der Waals surface area contributed by atoms with Gasteiger partial charge in [0.05, 0.1) is 17.4 Å². The SMILES string of the molecule is COCc1cc(-c2nnc3ccc([C@H](O)c4ccc(C(=O)NC[C@@H]5CCCO5)cn4)cn23)no1. The van der Waals surface area contributed by atoms with Crippen molar-refractivity contribution in [3.05, 3.63) is 65.3 Å². The van der Waals surface area contributed by atoms with Crippen LogP contribution in [0.15, 0.2) is 47.2 Å². The Morgan fingerprint density at radius 3 is 3.00 bits per heavy atom.